The molecule has 2 heteroatoms. The molecule has 0 N–H and O–H groups in total. The van der Waals surface area contributed by atoms with Gasteiger partial charge in [-0.05, 0) is 29.5 Å². The van der Waals surface area contributed by atoms with E-state index < -0.39 is 0 Å². The fourth-order valence-corrected chi connectivity index (χ4v) is 4.28. The minimum Gasteiger partial charge on any atom is -0.351 e. The first-order chi connectivity index (χ1) is 11.7. The van der Waals surface area contributed by atoms with E-state index in [2.05, 4.69) is 61.2 Å². The topological polar surface area (TPSA) is 15.6 Å². The number of fused-ring (bicyclic) bond motifs is 1. The number of benzene rings is 2. The van der Waals surface area contributed by atoms with Gasteiger partial charge in [0.05, 0.1) is 6.04 Å². The van der Waals surface area contributed by atoms with Gasteiger partial charge in [-0.1, -0.05) is 75.6 Å². The Hall–Kier alpha value is -1.83. The Balaban J connectivity index is 1.77. The average Bonchev–Trinajstić information content (AvgIpc) is 3.07. The molecule has 1 saturated carbocycles. The van der Waals surface area contributed by atoms with Crippen molar-refractivity contribution in [2.45, 2.75) is 58.0 Å². The summed E-state index contributed by atoms with van der Waals surface area (Å²) in [4.78, 5) is 7.85. The second-order valence-electron chi connectivity index (χ2n) is 7.73. The zero-order chi connectivity index (χ0) is 16.5. The molecular weight excluding hydrogens is 292 g/mol. The van der Waals surface area contributed by atoms with E-state index in [1.165, 1.54) is 54.3 Å². The summed E-state index contributed by atoms with van der Waals surface area (Å²) >= 11 is 0. The maximum atomic E-state index is 5.21. The van der Waals surface area contributed by atoms with Gasteiger partial charge < -0.3 is 4.90 Å². The molecule has 4 rings (SSSR count). The minimum atomic E-state index is 0.431. The van der Waals surface area contributed by atoms with Crippen molar-refractivity contribution in [3.05, 3.63) is 48.0 Å². The lowest BCUT2D eigenvalue weighted by Gasteiger charge is -2.34. The van der Waals surface area contributed by atoms with Gasteiger partial charge in [-0.25, -0.2) is 0 Å². The molecular formula is C22H28N2. The molecule has 1 atom stereocenters. The molecule has 0 spiro atoms. The molecule has 1 aliphatic carbocycles. The number of nitrogens with zero attached hydrogens (tertiary/aromatic N) is 2. The number of hydrogen-bond acceptors (Lipinski definition) is 2. The number of hydrogen-bond donors (Lipinski definition) is 0. The van der Waals surface area contributed by atoms with E-state index in [-0.39, 0.29) is 0 Å². The van der Waals surface area contributed by atoms with Crippen molar-refractivity contribution in [3.8, 4) is 0 Å². The third-order valence-corrected chi connectivity index (χ3v) is 5.76. The molecule has 0 unspecified atom stereocenters. The fraction of sp³-hybridized carbons (Fsp3) is 0.500. The highest BCUT2D eigenvalue weighted by atomic mass is 15.3. The summed E-state index contributed by atoms with van der Waals surface area (Å²) in [5, 5.41) is 2.65. The van der Waals surface area contributed by atoms with Crippen molar-refractivity contribution in [2.75, 3.05) is 6.54 Å². The Morgan fingerprint density at radius 3 is 2.50 bits per heavy atom. The molecule has 126 valence electrons. The molecule has 1 aliphatic heterocycles. The maximum Gasteiger partial charge on any atom is 0.132 e. The summed E-state index contributed by atoms with van der Waals surface area (Å²) in [5.41, 5.74) is 1.32. The van der Waals surface area contributed by atoms with Gasteiger partial charge in [0, 0.05) is 18.2 Å². The van der Waals surface area contributed by atoms with Gasteiger partial charge in [0.2, 0.25) is 0 Å². The standard InChI is InChI=1S/C22H28N2/c1-16(2)21-15-24(18-11-4-3-5-12-18)22(23-21)20-14-8-10-17-9-6-7-13-19(17)20/h6-10,13-14,16,18,21H,3-5,11-12,15H2,1-2H3/t21-/m1/s1. The zero-order valence-electron chi connectivity index (χ0n) is 14.9. The van der Waals surface area contributed by atoms with Crippen LogP contribution in [0.15, 0.2) is 47.5 Å². The van der Waals surface area contributed by atoms with Gasteiger partial charge in [-0.3, -0.25) is 4.99 Å². The third-order valence-electron chi connectivity index (χ3n) is 5.76. The van der Waals surface area contributed by atoms with E-state index in [0.717, 1.165) is 6.54 Å². The molecule has 2 aromatic rings. The van der Waals surface area contributed by atoms with Crippen LogP contribution in [-0.2, 0) is 0 Å². The highest BCUT2D eigenvalue weighted by molar-refractivity contribution is 6.10. The van der Waals surface area contributed by atoms with Gasteiger partial charge in [0.15, 0.2) is 0 Å². The van der Waals surface area contributed by atoms with E-state index in [1.54, 1.807) is 0 Å². The molecule has 0 radical (unpaired) electrons. The SMILES string of the molecule is CC(C)[C@H]1CN(C2CCCCC2)C(c2cccc3ccccc23)=N1. The van der Waals surface area contributed by atoms with Crippen molar-refractivity contribution < 1.29 is 0 Å². The van der Waals surface area contributed by atoms with Crippen molar-refractivity contribution >= 4 is 16.6 Å². The van der Waals surface area contributed by atoms with Gasteiger partial charge in [-0.15, -0.1) is 0 Å². The second kappa shape index (κ2) is 6.58. The van der Waals surface area contributed by atoms with Crippen LogP contribution in [0.3, 0.4) is 0 Å². The van der Waals surface area contributed by atoms with E-state index in [4.69, 9.17) is 4.99 Å². The molecule has 0 saturated heterocycles. The predicted octanol–water partition coefficient (Wildman–Crippen LogP) is 5.26. The molecule has 24 heavy (non-hydrogen) atoms. The number of amidine groups is 1. The monoisotopic (exact) mass is 320 g/mol. The second-order valence-corrected chi connectivity index (χ2v) is 7.73. The Kier molecular flexibility index (Phi) is 4.30. The lowest BCUT2D eigenvalue weighted by atomic mass is 9.93. The highest BCUT2D eigenvalue weighted by Crippen LogP contribution is 2.31. The van der Waals surface area contributed by atoms with E-state index in [9.17, 15) is 0 Å². The molecule has 2 nitrogen and oxygen atoms in total. The summed E-state index contributed by atoms with van der Waals surface area (Å²) in [6.07, 6.45) is 6.80. The van der Waals surface area contributed by atoms with Crippen LogP contribution in [0.25, 0.3) is 10.8 Å². The first-order valence-corrected chi connectivity index (χ1v) is 9.56. The average molecular weight is 320 g/mol. The van der Waals surface area contributed by atoms with Crippen LogP contribution < -0.4 is 0 Å². The Bertz CT molecular complexity index is 735. The normalized spacial score (nSPS) is 22.4. The molecule has 2 aliphatic rings. The van der Waals surface area contributed by atoms with Crippen LogP contribution in [0.1, 0.15) is 51.5 Å². The summed E-state index contributed by atoms with van der Waals surface area (Å²) in [5.74, 6) is 1.85. The van der Waals surface area contributed by atoms with Crippen LogP contribution in [0, 0.1) is 5.92 Å². The minimum absolute atomic E-state index is 0.431. The van der Waals surface area contributed by atoms with E-state index in [1.807, 2.05) is 0 Å². The summed E-state index contributed by atoms with van der Waals surface area (Å²) in [6, 6.07) is 16.5. The Morgan fingerprint density at radius 2 is 1.71 bits per heavy atom. The Morgan fingerprint density at radius 1 is 0.958 bits per heavy atom. The molecule has 2 aromatic carbocycles. The number of aliphatic imine (C=N–C) groups is 1. The van der Waals surface area contributed by atoms with Crippen molar-refractivity contribution in [2.24, 2.45) is 10.9 Å². The quantitative estimate of drug-likeness (QED) is 0.753. The van der Waals surface area contributed by atoms with Crippen molar-refractivity contribution in [1.82, 2.24) is 4.90 Å². The highest BCUT2D eigenvalue weighted by Gasteiger charge is 2.33. The predicted molar refractivity (Wildman–Crippen MR) is 103 cm³/mol. The van der Waals surface area contributed by atoms with Crippen LogP contribution in [0.4, 0.5) is 0 Å². The molecule has 0 bridgehead atoms. The largest absolute Gasteiger partial charge is 0.351 e. The molecule has 0 amide bonds. The summed E-state index contributed by atoms with van der Waals surface area (Å²) in [7, 11) is 0. The van der Waals surface area contributed by atoms with Crippen LogP contribution in [0.5, 0.6) is 0 Å². The van der Waals surface area contributed by atoms with Gasteiger partial charge in [0.1, 0.15) is 5.84 Å². The summed E-state index contributed by atoms with van der Waals surface area (Å²) < 4.78 is 0. The van der Waals surface area contributed by atoms with Crippen molar-refractivity contribution in [1.29, 1.82) is 0 Å². The fourth-order valence-electron chi connectivity index (χ4n) is 4.28. The Labute approximate surface area is 145 Å². The zero-order valence-corrected chi connectivity index (χ0v) is 14.9. The lowest BCUT2D eigenvalue weighted by molar-refractivity contribution is 0.241. The third kappa shape index (κ3) is 2.83. The van der Waals surface area contributed by atoms with Gasteiger partial charge >= 0.3 is 0 Å². The molecule has 0 aromatic heterocycles. The first-order valence-electron chi connectivity index (χ1n) is 9.56. The first kappa shape index (κ1) is 15.7. The smallest absolute Gasteiger partial charge is 0.132 e. The van der Waals surface area contributed by atoms with Crippen LogP contribution >= 0.6 is 0 Å². The maximum absolute atomic E-state index is 5.21. The van der Waals surface area contributed by atoms with Gasteiger partial charge in [0.25, 0.3) is 0 Å². The van der Waals surface area contributed by atoms with Crippen molar-refractivity contribution in [3.63, 3.8) is 0 Å². The molecule has 1 fully saturated rings. The van der Waals surface area contributed by atoms with E-state index >= 15 is 0 Å². The molecule has 1 heterocycles. The van der Waals surface area contributed by atoms with E-state index in [0.29, 0.717) is 18.0 Å². The van der Waals surface area contributed by atoms with Gasteiger partial charge in [-0.2, -0.15) is 0 Å². The summed E-state index contributed by atoms with van der Waals surface area (Å²) in [6.45, 7) is 5.71. The van der Waals surface area contributed by atoms with Crippen LogP contribution in [0.2, 0.25) is 0 Å². The number of rotatable bonds is 3. The lowest BCUT2D eigenvalue weighted by Crippen LogP contribution is -2.41. The van der Waals surface area contributed by atoms with Crippen LogP contribution in [-0.4, -0.2) is 29.4 Å².